The average Bonchev–Trinajstić information content (AvgIpc) is 3.15. The Labute approximate surface area is 160 Å². The first-order valence-corrected chi connectivity index (χ1v) is 9.58. The summed E-state index contributed by atoms with van der Waals surface area (Å²) in [6.45, 7) is 5.32. The van der Waals surface area contributed by atoms with Crippen molar-refractivity contribution in [2.24, 2.45) is 5.41 Å². The molecule has 1 aliphatic rings. The van der Waals surface area contributed by atoms with E-state index in [1.54, 1.807) is 13.3 Å². The molecule has 1 aromatic carbocycles. The smallest absolute Gasteiger partial charge is 0.220 e. The van der Waals surface area contributed by atoms with Gasteiger partial charge < -0.3 is 19.8 Å². The first kappa shape index (κ1) is 19.6. The fourth-order valence-electron chi connectivity index (χ4n) is 3.51. The van der Waals surface area contributed by atoms with Crippen LogP contribution in [0.3, 0.4) is 0 Å². The molecule has 0 saturated carbocycles. The maximum absolute atomic E-state index is 12.3. The van der Waals surface area contributed by atoms with Crippen LogP contribution in [0.1, 0.15) is 30.7 Å². The molecule has 6 nitrogen and oxygen atoms in total. The topological polar surface area (TPSA) is 76.4 Å². The highest BCUT2D eigenvalue weighted by atomic mass is 16.5. The van der Waals surface area contributed by atoms with Crippen molar-refractivity contribution in [3.05, 3.63) is 41.9 Å². The van der Waals surface area contributed by atoms with E-state index < -0.39 is 0 Å². The molecule has 0 atom stereocenters. The van der Waals surface area contributed by atoms with Gasteiger partial charge >= 0.3 is 0 Å². The SMILES string of the molecule is COCC1(CNC(=O)CCc2ncc(-c3ccc(C)cc3)o2)CCNCC1. The second-order valence-electron chi connectivity index (χ2n) is 7.44. The van der Waals surface area contributed by atoms with Crippen LogP contribution in [0.5, 0.6) is 0 Å². The molecule has 146 valence electrons. The lowest BCUT2D eigenvalue weighted by Gasteiger charge is -2.37. The zero-order chi connectivity index (χ0) is 19.1. The molecule has 2 N–H and O–H groups in total. The summed E-state index contributed by atoms with van der Waals surface area (Å²) in [6, 6.07) is 8.12. The van der Waals surface area contributed by atoms with E-state index in [1.165, 1.54) is 5.56 Å². The number of ether oxygens (including phenoxy) is 1. The molecule has 1 amide bonds. The predicted molar refractivity (Wildman–Crippen MR) is 104 cm³/mol. The summed E-state index contributed by atoms with van der Waals surface area (Å²) >= 11 is 0. The number of rotatable bonds is 8. The maximum Gasteiger partial charge on any atom is 0.220 e. The molecule has 2 aromatic rings. The molecule has 1 saturated heterocycles. The quantitative estimate of drug-likeness (QED) is 0.746. The first-order chi connectivity index (χ1) is 13.1. The molecule has 0 radical (unpaired) electrons. The predicted octanol–water partition coefficient (Wildman–Crippen LogP) is 2.72. The summed E-state index contributed by atoms with van der Waals surface area (Å²) < 4.78 is 11.2. The third-order valence-electron chi connectivity index (χ3n) is 5.23. The Morgan fingerprint density at radius 1 is 1.30 bits per heavy atom. The molecule has 0 bridgehead atoms. The highest BCUT2D eigenvalue weighted by Gasteiger charge is 2.32. The normalized spacial score (nSPS) is 16.2. The number of benzene rings is 1. The molecule has 0 spiro atoms. The lowest BCUT2D eigenvalue weighted by molar-refractivity contribution is -0.122. The Morgan fingerprint density at radius 3 is 2.74 bits per heavy atom. The van der Waals surface area contributed by atoms with Crippen molar-refractivity contribution in [3.8, 4) is 11.3 Å². The molecule has 6 heteroatoms. The molecule has 1 aromatic heterocycles. The fraction of sp³-hybridized carbons (Fsp3) is 0.524. The minimum absolute atomic E-state index is 0.0269. The van der Waals surface area contributed by atoms with Gasteiger partial charge in [-0.1, -0.05) is 29.8 Å². The summed E-state index contributed by atoms with van der Waals surface area (Å²) in [5.74, 6) is 1.35. The number of carbonyl (C=O) groups is 1. The number of aryl methyl sites for hydroxylation is 2. The zero-order valence-corrected chi connectivity index (χ0v) is 16.2. The number of oxazole rings is 1. The van der Waals surface area contributed by atoms with Gasteiger partial charge in [0.25, 0.3) is 0 Å². The third kappa shape index (κ3) is 5.40. The average molecular weight is 371 g/mol. The summed E-state index contributed by atoms with van der Waals surface area (Å²) in [5.41, 5.74) is 2.24. The summed E-state index contributed by atoms with van der Waals surface area (Å²) in [5, 5.41) is 6.44. The first-order valence-electron chi connectivity index (χ1n) is 9.58. The number of hydrogen-bond acceptors (Lipinski definition) is 5. The highest BCUT2D eigenvalue weighted by Crippen LogP contribution is 2.28. The summed E-state index contributed by atoms with van der Waals surface area (Å²) in [7, 11) is 1.72. The van der Waals surface area contributed by atoms with E-state index in [0.717, 1.165) is 37.3 Å². The van der Waals surface area contributed by atoms with Crippen LogP contribution < -0.4 is 10.6 Å². The van der Waals surface area contributed by atoms with Crippen molar-refractivity contribution in [2.45, 2.75) is 32.6 Å². The van der Waals surface area contributed by atoms with E-state index >= 15 is 0 Å². The molecule has 1 aliphatic heterocycles. The molecule has 1 fully saturated rings. The van der Waals surface area contributed by atoms with Gasteiger partial charge in [0, 0.05) is 37.5 Å². The van der Waals surface area contributed by atoms with Crippen LogP contribution in [0.4, 0.5) is 0 Å². The standard InChI is InChI=1S/C21H29N3O3/c1-16-3-5-17(6-4-16)18-13-23-20(27-18)8-7-19(25)24-14-21(15-26-2)9-11-22-12-10-21/h3-6,13,22H,7-12,14-15H2,1-2H3,(H,24,25). The van der Waals surface area contributed by atoms with E-state index in [0.29, 0.717) is 31.9 Å². The second-order valence-corrected chi connectivity index (χ2v) is 7.44. The summed E-state index contributed by atoms with van der Waals surface area (Å²) in [4.78, 5) is 16.6. The van der Waals surface area contributed by atoms with Gasteiger partial charge in [0.2, 0.25) is 5.91 Å². The molecule has 27 heavy (non-hydrogen) atoms. The maximum atomic E-state index is 12.3. The molecule has 0 aliphatic carbocycles. The number of amides is 1. The van der Waals surface area contributed by atoms with Gasteiger partial charge in [0.15, 0.2) is 11.7 Å². The summed E-state index contributed by atoms with van der Waals surface area (Å²) in [6.07, 6.45) is 4.62. The molecular formula is C21H29N3O3. The third-order valence-corrected chi connectivity index (χ3v) is 5.23. The van der Waals surface area contributed by atoms with E-state index in [9.17, 15) is 4.79 Å². The van der Waals surface area contributed by atoms with Crippen molar-refractivity contribution in [1.29, 1.82) is 0 Å². The number of piperidine rings is 1. The molecular weight excluding hydrogens is 342 g/mol. The van der Waals surface area contributed by atoms with E-state index in [4.69, 9.17) is 9.15 Å². The minimum atomic E-state index is 0.0269. The zero-order valence-electron chi connectivity index (χ0n) is 16.2. The van der Waals surface area contributed by atoms with Gasteiger partial charge in [0.05, 0.1) is 12.8 Å². The number of nitrogens with zero attached hydrogens (tertiary/aromatic N) is 1. The van der Waals surface area contributed by atoms with Crippen LogP contribution in [0.25, 0.3) is 11.3 Å². The number of nitrogens with one attached hydrogen (secondary N) is 2. The monoisotopic (exact) mass is 371 g/mol. The van der Waals surface area contributed by atoms with E-state index in [2.05, 4.69) is 22.5 Å². The molecule has 3 rings (SSSR count). The van der Waals surface area contributed by atoms with Gasteiger partial charge in [-0.15, -0.1) is 0 Å². The van der Waals surface area contributed by atoms with Crippen LogP contribution >= 0.6 is 0 Å². The number of aromatic nitrogens is 1. The van der Waals surface area contributed by atoms with Crippen molar-refractivity contribution in [1.82, 2.24) is 15.6 Å². The number of carbonyl (C=O) groups excluding carboxylic acids is 1. The van der Waals surface area contributed by atoms with E-state index in [1.807, 2.05) is 24.3 Å². The minimum Gasteiger partial charge on any atom is -0.441 e. The van der Waals surface area contributed by atoms with Crippen LogP contribution in [-0.2, 0) is 16.0 Å². The van der Waals surface area contributed by atoms with Crippen LogP contribution in [0.2, 0.25) is 0 Å². The second kappa shape index (κ2) is 9.15. The Morgan fingerprint density at radius 2 is 2.04 bits per heavy atom. The van der Waals surface area contributed by atoms with Crippen molar-refractivity contribution in [3.63, 3.8) is 0 Å². The molecule has 2 heterocycles. The molecule has 0 unspecified atom stereocenters. The van der Waals surface area contributed by atoms with Gasteiger partial charge in [-0.25, -0.2) is 4.98 Å². The van der Waals surface area contributed by atoms with Gasteiger partial charge in [-0.05, 0) is 32.9 Å². The van der Waals surface area contributed by atoms with Gasteiger partial charge in [0.1, 0.15) is 0 Å². The van der Waals surface area contributed by atoms with Gasteiger partial charge in [-0.3, -0.25) is 4.79 Å². The number of hydrogen-bond donors (Lipinski definition) is 2. The highest BCUT2D eigenvalue weighted by molar-refractivity contribution is 5.76. The van der Waals surface area contributed by atoms with Crippen molar-refractivity contribution >= 4 is 5.91 Å². The lowest BCUT2D eigenvalue weighted by atomic mass is 9.79. The van der Waals surface area contributed by atoms with Crippen molar-refractivity contribution in [2.75, 3.05) is 33.4 Å². The Hall–Kier alpha value is -2.18. The van der Waals surface area contributed by atoms with Crippen LogP contribution in [-0.4, -0.2) is 44.2 Å². The van der Waals surface area contributed by atoms with Crippen LogP contribution in [0.15, 0.2) is 34.9 Å². The van der Waals surface area contributed by atoms with Gasteiger partial charge in [-0.2, -0.15) is 0 Å². The van der Waals surface area contributed by atoms with E-state index in [-0.39, 0.29) is 11.3 Å². The largest absolute Gasteiger partial charge is 0.441 e. The Bertz CT molecular complexity index is 728. The number of methoxy groups -OCH3 is 1. The van der Waals surface area contributed by atoms with Crippen molar-refractivity contribution < 1.29 is 13.9 Å². The Balaban J connectivity index is 1.48. The van der Waals surface area contributed by atoms with Crippen LogP contribution in [0, 0.1) is 12.3 Å². The lowest BCUT2D eigenvalue weighted by Crippen LogP contribution is -2.47. The Kier molecular flexibility index (Phi) is 6.63. The fourth-order valence-corrected chi connectivity index (χ4v) is 3.51.